The number of ether oxygens (including phenoxy) is 2. The summed E-state index contributed by atoms with van der Waals surface area (Å²) in [6.07, 6.45) is 4.01. The number of carbonyl (C=O) groups excluding carboxylic acids is 3. The molecule has 2 amide bonds. The van der Waals surface area contributed by atoms with E-state index < -0.39 is 5.41 Å². The number of amides is 2. The summed E-state index contributed by atoms with van der Waals surface area (Å²) in [5, 5.41) is 0. The highest BCUT2D eigenvalue weighted by Crippen LogP contribution is 2.33. The molecule has 2 aliphatic heterocycles. The highest BCUT2D eigenvalue weighted by Gasteiger charge is 2.46. The van der Waals surface area contributed by atoms with E-state index in [0.29, 0.717) is 52.0 Å². The third kappa shape index (κ3) is 4.44. The molecule has 2 fully saturated rings. The van der Waals surface area contributed by atoms with E-state index in [4.69, 9.17) is 9.47 Å². The molecule has 146 valence electrons. The molecule has 2 aliphatic rings. The van der Waals surface area contributed by atoms with Gasteiger partial charge in [0.15, 0.2) is 0 Å². The van der Waals surface area contributed by atoms with Crippen molar-refractivity contribution in [3.63, 3.8) is 0 Å². The number of hydrogen-bond donors (Lipinski definition) is 0. The van der Waals surface area contributed by atoms with Crippen molar-refractivity contribution in [3.05, 3.63) is 12.7 Å². The fourth-order valence-electron chi connectivity index (χ4n) is 3.96. The Morgan fingerprint density at radius 2 is 1.88 bits per heavy atom. The Hall–Kier alpha value is -1.89. The summed E-state index contributed by atoms with van der Waals surface area (Å²) in [6, 6.07) is 0. The van der Waals surface area contributed by atoms with Crippen LogP contribution in [0.1, 0.15) is 32.6 Å². The van der Waals surface area contributed by atoms with Crippen molar-refractivity contribution in [1.29, 1.82) is 0 Å². The second kappa shape index (κ2) is 9.16. The molecule has 0 aromatic carbocycles. The largest absolute Gasteiger partial charge is 0.465 e. The lowest BCUT2D eigenvalue weighted by Gasteiger charge is -2.42. The van der Waals surface area contributed by atoms with Crippen LogP contribution < -0.4 is 0 Å². The third-order valence-corrected chi connectivity index (χ3v) is 5.35. The maximum Gasteiger partial charge on any atom is 0.316 e. The maximum atomic E-state index is 13.0. The van der Waals surface area contributed by atoms with Crippen LogP contribution in [0.5, 0.6) is 0 Å². The average Bonchev–Trinajstić information content (AvgIpc) is 2.67. The van der Waals surface area contributed by atoms with Gasteiger partial charge in [0.2, 0.25) is 11.8 Å². The highest BCUT2D eigenvalue weighted by atomic mass is 16.5. The van der Waals surface area contributed by atoms with Gasteiger partial charge in [-0.2, -0.15) is 0 Å². The minimum absolute atomic E-state index is 0.0696. The molecule has 0 aromatic heterocycles. The average molecular weight is 366 g/mol. The molecular formula is C19H30N2O5. The molecule has 0 spiro atoms. The lowest BCUT2D eigenvalue weighted by Crippen LogP contribution is -2.54. The SMILES string of the molecule is C=CC(=O)N1CCC(C(=O)N2CCCC(COC)(C(=O)OCC)C2)CC1. The Morgan fingerprint density at radius 3 is 2.46 bits per heavy atom. The molecule has 0 aliphatic carbocycles. The van der Waals surface area contributed by atoms with Crippen LogP contribution in [0.3, 0.4) is 0 Å². The zero-order valence-electron chi connectivity index (χ0n) is 15.9. The van der Waals surface area contributed by atoms with E-state index in [1.807, 2.05) is 0 Å². The molecule has 1 unspecified atom stereocenters. The first-order valence-electron chi connectivity index (χ1n) is 9.33. The minimum Gasteiger partial charge on any atom is -0.465 e. The van der Waals surface area contributed by atoms with Crippen molar-refractivity contribution in [1.82, 2.24) is 9.80 Å². The Labute approximate surface area is 155 Å². The summed E-state index contributed by atoms with van der Waals surface area (Å²) in [6.45, 7) is 7.97. The lowest BCUT2D eigenvalue weighted by atomic mass is 9.79. The molecule has 0 radical (unpaired) electrons. The molecule has 0 bridgehead atoms. The van der Waals surface area contributed by atoms with Crippen molar-refractivity contribution in [2.75, 3.05) is 46.5 Å². The third-order valence-electron chi connectivity index (χ3n) is 5.35. The number of carbonyl (C=O) groups is 3. The number of hydrogen-bond acceptors (Lipinski definition) is 5. The summed E-state index contributed by atoms with van der Waals surface area (Å²) >= 11 is 0. The van der Waals surface area contributed by atoms with Gasteiger partial charge in [-0.1, -0.05) is 6.58 Å². The second-order valence-corrected chi connectivity index (χ2v) is 7.10. The van der Waals surface area contributed by atoms with Crippen LogP contribution in [0.2, 0.25) is 0 Å². The predicted octanol–water partition coefficient (Wildman–Crippen LogP) is 1.23. The van der Waals surface area contributed by atoms with Crippen LogP contribution in [0.15, 0.2) is 12.7 Å². The van der Waals surface area contributed by atoms with Crippen molar-refractivity contribution < 1.29 is 23.9 Å². The summed E-state index contributed by atoms with van der Waals surface area (Å²) in [7, 11) is 1.56. The van der Waals surface area contributed by atoms with Gasteiger partial charge >= 0.3 is 5.97 Å². The van der Waals surface area contributed by atoms with Gasteiger partial charge < -0.3 is 19.3 Å². The second-order valence-electron chi connectivity index (χ2n) is 7.10. The first-order valence-corrected chi connectivity index (χ1v) is 9.33. The van der Waals surface area contributed by atoms with Gasteiger partial charge in [0.1, 0.15) is 5.41 Å². The van der Waals surface area contributed by atoms with E-state index in [2.05, 4.69) is 6.58 Å². The van der Waals surface area contributed by atoms with Gasteiger partial charge in [0.25, 0.3) is 0 Å². The lowest BCUT2D eigenvalue weighted by molar-refractivity contribution is -0.166. The molecule has 0 N–H and O–H groups in total. The maximum absolute atomic E-state index is 13.0. The number of piperidine rings is 2. The van der Waals surface area contributed by atoms with Crippen LogP contribution in [0, 0.1) is 11.3 Å². The van der Waals surface area contributed by atoms with Crippen molar-refractivity contribution >= 4 is 17.8 Å². The molecular weight excluding hydrogens is 336 g/mol. The van der Waals surface area contributed by atoms with Crippen LogP contribution in [0.25, 0.3) is 0 Å². The predicted molar refractivity (Wildman–Crippen MR) is 96.3 cm³/mol. The standard InChI is InChI=1S/C19H30N2O5/c1-4-16(22)20-11-7-15(8-12-20)17(23)21-10-6-9-19(13-21,14-25-3)18(24)26-5-2/h4,15H,1,5-14H2,2-3H3. The summed E-state index contributed by atoms with van der Waals surface area (Å²) in [5.74, 6) is -0.411. The first-order chi connectivity index (χ1) is 12.5. The smallest absolute Gasteiger partial charge is 0.316 e. The Kier molecular flexibility index (Phi) is 7.20. The monoisotopic (exact) mass is 366 g/mol. The molecule has 2 heterocycles. The van der Waals surface area contributed by atoms with Gasteiger partial charge in [-0.25, -0.2) is 0 Å². The van der Waals surface area contributed by atoms with Gasteiger partial charge in [-0.3, -0.25) is 14.4 Å². The molecule has 0 aromatic rings. The first kappa shape index (κ1) is 20.4. The zero-order valence-corrected chi connectivity index (χ0v) is 15.9. The fourth-order valence-corrected chi connectivity index (χ4v) is 3.96. The van der Waals surface area contributed by atoms with Crippen molar-refractivity contribution in [3.8, 4) is 0 Å². The topological polar surface area (TPSA) is 76.2 Å². The number of likely N-dealkylation sites (tertiary alicyclic amines) is 2. The van der Waals surface area contributed by atoms with E-state index in [1.165, 1.54) is 6.08 Å². The molecule has 7 heteroatoms. The molecule has 26 heavy (non-hydrogen) atoms. The Morgan fingerprint density at radius 1 is 1.19 bits per heavy atom. The zero-order chi connectivity index (χ0) is 19.2. The van der Waals surface area contributed by atoms with E-state index >= 15 is 0 Å². The summed E-state index contributed by atoms with van der Waals surface area (Å²) < 4.78 is 10.5. The van der Waals surface area contributed by atoms with Gasteiger partial charge in [0, 0.05) is 39.2 Å². The van der Waals surface area contributed by atoms with E-state index in [-0.39, 0.29) is 30.3 Å². The van der Waals surface area contributed by atoms with Gasteiger partial charge in [-0.05, 0) is 38.7 Å². The number of methoxy groups -OCH3 is 1. The van der Waals surface area contributed by atoms with Crippen LogP contribution in [-0.2, 0) is 23.9 Å². The Balaban J connectivity index is 2.01. The van der Waals surface area contributed by atoms with E-state index in [9.17, 15) is 14.4 Å². The molecule has 2 saturated heterocycles. The number of esters is 1. The van der Waals surface area contributed by atoms with Crippen LogP contribution in [0.4, 0.5) is 0 Å². The van der Waals surface area contributed by atoms with Gasteiger partial charge in [-0.15, -0.1) is 0 Å². The molecule has 7 nitrogen and oxygen atoms in total. The normalized spacial score (nSPS) is 24.2. The summed E-state index contributed by atoms with van der Waals surface area (Å²) in [4.78, 5) is 40.7. The quantitative estimate of drug-likeness (QED) is 0.522. The van der Waals surface area contributed by atoms with Gasteiger partial charge in [0.05, 0.1) is 13.2 Å². The molecule has 1 atom stereocenters. The Bertz CT molecular complexity index is 538. The minimum atomic E-state index is -0.780. The highest BCUT2D eigenvalue weighted by molar-refractivity contribution is 5.87. The van der Waals surface area contributed by atoms with Crippen molar-refractivity contribution in [2.45, 2.75) is 32.6 Å². The molecule has 2 rings (SSSR count). The van der Waals surface area contributed by atoms with E-state index in [1.54, 1.807) is 23.8 Å². The molecule has 0 saturated carbocycles. The summed E-state index contributed by atoms with van der Waals surface area (Å²) in [5.41, 5.74) is -0.780. The van der Waals surface area contributed by atoms with E-state index in [0.717, 1.165) is 6.42 Å². The van der Waals surface area contributed by atoms with Crippen molar-refractivity contribution in [2.24, 2.45) is 11.3 Å². The number of rotatable bonds is 6. The fraction of sp³-hybridized carbons (Fsp3) is 0.737. The van der Waals surface area contributed by atoms with Crippen LogP contribution >= 0.6 is 0 Å². The van der Waals surface area contributed by atoms with Crippen LogP contribution in [-0.4, -0.2) is 74.1 Å². The number of nitrogens with zero attached hydrogens (tertiary/aromatic N) is 2.